The van der Waals surface area contributed by atoms with Crippen molar-refractivity contribution >= 4 is 23.0 Å². The molecule has 1 heterocycles. The molecular weight excluding hydrogens is 268 g/mol. The van der Waals surface area contributed by atoms with Gasteiger partial charge in [0.25, 0.3) is 0 Å². The second kappa shape index (κ2) is 5.76. The quantitative estimate of drug-likeness (QED) is 0.672. The average Bonchev–Trinajstić information content (AvgIpc) is 2.51. The van der Waals surface area contributed by atoms with Gasteiger partial charge in [0.15, 0.2) is 5.15 Å². The fourth-order valence-electron chi connectivity index (χ4n) is 2.09. The van der Waals surface area contributed by atoms with Gasteiger partial charge in [-0.1, -0.05) is 60.1 Å². The van der Waals surface area contributed by atoms with Gasteiger partial charge in [0.1, 0.15) is 0 Å². The number of pyridine rings is 1. The van der Waals surface area contributed by atoms with Gasteiger partial charge < -0.3 is 5.32 Å². The second-order valence-electron chi connectivity index (χ2n) is 4.38. The van der Waals surface area contributed by atoms with E-state index in [1.165, 1.54) is 0 Å². The van der Waals surface area contributed by atoms with E-state index < -0.39 is 0 Å². The molecule has 0 aliphatic heterocycles. The van der Waals surface area contributed by atoms with Crippen LogP contribution in [0.25, 0.3) is 11.1 Å². The van der Waals surface area contributed by atoms with E-state index in [2.05, 4.69) is 28.5 Å². The third-order valence-electron chi connectivity index (χ3n) is 3.04. The van der Waals surface area contributed by atoms with Crippen LogP contribution in [0.3, 0.4) is 0 Å². The van der Waals surface area contributed by atoms with Crippen molar-refractivity contribution in [1.82, 2.24) is 4.98 Å². The summed E-state index contributed by atoms with van der Waals surface area (Å²) >= 11 is 6.10. The molecule has 0 radical (unpaired) electrons. The number of nitrogens with zero attached hydrogens (tertiary/aromatic N) is 1. The molecule has 3 heteroatoms. The molecule has 0 spiro atoms. The monoisotopic (exact) mass is 280 g/mol. The molecule has 0 fully saturated rings. The van der Waals surface area contributed by atoms with Crippen molar-refractivity contribution in [2.75, 3.05) is 5.32 Å². The summed E-state index contributed by atoms with van der Waals surface area (Å²) in [7, 11) is 0. The lowest BCUT2D eigenvalue weighted by molar-refractivity contribution is 1.32. The zero-order valence-corrected chi connectivity index (χ0v) is 11.5. The van der Waals surface area contributed by atoms with Crippen molar-refractivity contribution in [3.05, 3.63) is 78.1 Å². The van der Waals surface area contributed by atoms with Crippen molar-refractivity contribution in [3.8, 4) is 11.1 Å². The fourth-order valence-corrected chi connectivity index (χ4v) is 2.25. The van der Waals surface area contributed by atoms with Gasteiger partial charge in [0, 0.05) is 17.4 Å². The number of rotatable bonds is 3. The van der Waals surface area contributed by atoms with Crippen molar-refractivity contribution in [1.29, 1.82) is 0 Å². The average molecular weight is 281 g/mol. The Bertz CT molecular complexity index is 711. The van der Waals surface area contributed by atoms with Crippen LogP contribution in [0, 0.1) is 0 Å². The van der Waals surface area contributed by atoms with Crippen molar-refractivity contribution < 1.29 is 0 Å². The summed E-state index contributed by atoms with van der Waals surface area (Å²) in [6, 6.07) is 22.2. The summed E-state index contributed by atoms with van der Waals surface area (Å²) in [4.78, 5) is 4.08. The largest absolute Gasteiger partial charge is 0.353 e. The molecule has 0 bridgehead atoms. The second-order valence-corrected chi connectivity index (χ2v) is 4.74. The summed E-state index contributed by atoms with van der Waals surface area (Å²) in [6.07, 6.45) is 1.68. The predicted molar refractivity (Wildman–Crippen MR) is 84.4 cm³/mol. The van der Waals surface area contributed by atoms with Crippen molar-refractivity contribution in [3.63, 3.8) is 0 Å². The lowest BCUT2D eigenvalue weighted by Gasteiger charge is -2.12. The Morgan fingerprint density at radius 1 is 0.750 bits per heavy atom. The summed E-state index contributed by atoms with van der Waals surface area (Å²) in [5.41, 5.74) is 4.11. The highest BCUT2D eigenvalue weighted by atomic mass is 35.5. The van der Waals surface area contributed by atoms with Crippen molar-refractivity contribution in [2.24, 2.45) is 0 Å². The highest BCUT2D eigenvalue weighted by molar-refractivity contribution is 6.32. The zero-order valence-electron chi connectivity index (χ0n) is 10.8. The molecule has 0 amide bonds. The first-order chi connectivity index (χ1) is 9.84. The smallest absolute Gasteiger partial charge is 0.152 e. The Hall–Kier alpha value is -2.32. The number of benzene rings is 2. The van der Waals surface area contributed by atoms with Gasteiger partial charge in [-0.25, -0.2) is 4.98 Å². The van der Waals surface area contributed by atoms with E-state index in [1.54, 1.807) is 6.20 Å². The topological polar surface area (TPSA) is 24.9 Å². The Labute approximate surface area is 123 Å². The first-order valence-electron chi connectivity index (χ1n) is 6.36. The normalized spacial score (nSPS) is 10.2. The van der Waals surface area contributed by atoms with E-state index >= 15 is 0 Å². The molecule has 0 aliphatic carbocycles. The van der Waals surface area contributed by atoms with Crippen LogP contribution in [0.5, 0.6) is 0 Å². The minimum Gasteiger partial charge on any atom is -0.353 e. The third-order valence-corrected chi connectivity index (χ3v) is 3.34. The van der Waals surface area contributed by atoms with Crippen LogP contribution in [0.4, 0.5) is 11.4 Å². The molecule has 20 heavy (non-hydrogen) atoms. The Morgan fingerprint density at radius 3 is 2.25 bits per heavy atom. The summed E-state index contributed by atoms with van der Waals surface area (Å²) < 4.78 is 0. The predicted octanol–water partition coefficient (Wildman–Crippen LogP) is 5.15. The molecule has 2 aromatic carbocycles. The van der Waals surface area contributed by atoms with Crippen LogP contribution in [0.1, 0.15) is 0 Å². The molecule has 2 nitrogen and oxygen atoms in total. The maximum Gasteiger partial charge on any atom is 0.152 e. The SMILES string of the molecule is Clc1ncccc1Nc1ccccc1-c1ccccc1. The Kier molecular flexibility index (Phi) is 3.66. The van der Waals surface area contributed by atoms with Crippen LogP contribution in [-0.2, 0) is 0 Å². The maximum atomic E-state index is 6.10. The Balaban J connectivity index is 2.01. The van der Waals surface area contributed by atoms with Crippen LogP contribution >= 0.6 is 11.6 Å². The maximum absolute atomic E-state index is 6.10. The molecule has 0 aliphatic rings. The van der Waals surface area contributed by atoms with E-state index in [4.69, 9.17) is 11.6 Å². The van der Waals surface area contributed by atoms with Gasteiger partial charge in [-0.3, -0.25) is 0 Å². The minimum atomic E-state index is 0.468. The number of halogens is 1. The molecular formula is C17H13ClN2. The summed E-state index contributed by atoms with van der Waals surface area (Å²) in [5.74, 6) is 0. The zero-order chi connectivity index (χ0) is 13.8. The van der Waals surface area contributed by atoms with Gasteiger partial charge in [-0.05, 0) is 23.8 Å². The van der Waals surface area contributed by atoms with Gasteiger partial charge in [-0.15, -0.1) is 0 Å². The molecule has 0 saturated carbocycles. The van der Waals surface area contributed by atoms with Crippen LogP contribution in [-0.4, -0.2) is 4.98 Å². The van der Waals surface area contributed by atoms with E-state index in [0.717, 1.165) is 22.5 Å². The standard InChI is InChI=1S/C17H13ClN2/c18-17-16(11-6-12-19-17)20-15-10-5-4-9-14(15)13-7-2-1-3-8-13/h1-12,20H. The number of hydrogen-bond acceptors (Lipinski definition) is 2. The van der Waals surface area contributed by atoms with E-state index in [0.29, 0.717) is 5.15 Å². The first kappa shape index (κ1) is 12.7. The number of para-hydroxylation sites is 1. The number of aromatic nitrogens is 1. The highest BCUT2D eigenvalue weighted by Crippen LogP contribution is 2.31. The third kappa shape index (κ3) is 2.65. The number of nitrogens with one attached hydrogen (secondary N) is 1. The van der Waals surface area contributed by atoms with Gasteiger partial charge >= 0.3 is 0 Å². The molecule has 1 N–H and O–H groups in total. The Morgan fingerprint density at radius 2 is 1.45 bits per heavy atom. The number of hydrogen-bond donors (Lipinski definition) is 1. The van der Waals surface area contributed by atoms with Crippen LogP contribution in [0.15, 0.2) is 72.9 Å². The molecule has 3 aromatic rings. The number of anilines is 2. The van der Waals surface area contributed by atoms with Crippen molar-refractivity contribution in [2.45, 2.75) is 0 Å². The molecule has 0 saturated heterocycles. The van der Waals surface area contributed by atoms with Gasteiger partial charge in [-0.2, -0.15) is 0 Å². The fraction of sp³-hybridized carbons (Fsp3) is 0. The van der Waals surface area contributed by atoms with Gasteiger partial charge in [0.2, 0.25) is 0 Å². The molecule has 98 valence electrons. The first-order valence-corrected chi connectivity index (χ1v) is 6.74. The molecule has 0 atom stereocenters. The lowest BCUT2D eigenvalue weighted by atomic mass is 10.0. The lowest BCUT2D eigenvalue weighted by Crippen LogP contribution is -1.94. The highest BCUT2D eigenvalue weighted by Gasteiger charge is 2.06. The minimum absolute atomic E-state index is 0.468. The molecule has 1 aromatic heterocycles. The summed E-state index contributed by atoms with van der Waals surface area (Å²) in [5, 5.41) is 3.81. The van der Waals surface area contributed by atoms with Crippen LogP contribution in [0.2, 0.25) is 5.15 Å². The van der Waals surface area contributed by atoms with Gasteiger partial charge in [0.05, 0.1) is 5.69 Å². The van der Waals surface area contributed by atoms with E-state index in [1.807, 2.05) is 48.5 Å². The van der Waals surface area contributed by atoms with Crippen LogP contribution < -0.4 is 5.32 Å². The summed E-state index contributed by atoms with van der Waals surface area (Å²) in [6.45, 7) is 0. The van der Waals surface area contributed by atoms with E-state index in [9.17, 15) is 0 Å². The molecule has 3 rings (SSSR count). The van der Waals surface area contributed by atoms with E-state index in [-0.39, 0.29) is 0 Å². The molecule has 0 unspecified atom stereocenters.